The van der Waals surface area contributed by atoms with Crippen molar-refractivity contribution in [1.29, 1.82) is 0 Å². The molecule has 0 aromatic heterocycles. The van der Waals surface area contributed by atoms with E-state index in [0.717, 1.165) is 48.6 Å². The molecule has 2 aromatic carbocycles. The maximum Gasteiger partial charge on any atom is 0.224 e. The van der Waals surface area contributed by atoms with E-state index in [1.165, 1.54) is 0 Å². The van der Waals surface area contributed by atoms with Crippen LogP contribution in [0.4, 0.5) is 5.69 Å². The van der Waals surface area contributed by atoms with Crippen molar-refractivity contribution >= 4 is 24.2 Å². The first-order valence-electron chi connectivity index (χ1n) is 8.09. The van der Waals surface area contributed by atoms with Crippen LogP contribution >= 0.6 is 12.6 Å². The summed E-state index contributed by atoms with van der Waals surface area (Å²) in [6, 6.07) is 14.6. The number of fused-ring (bicyclic) bond motifs is 1. The Balaban J connectivity index is 0.000000249. The maximum absolute atomic E-state index is 11.2. The molecule has 2 aromatic rings. The normalized spacial score (nSPS) is 12.5. The quantitative estimate of drug-likeness (QED) is 0.566. The first-order chi connectivity index (χ1) is 11.7. The van der Waals surface area contributed by atoms with E-state index in [1.807, 2.05) is 24.3 Å². The molecule has 0 bridgehead atoms. The van der Waals surface area contributed by atoms with Gasteiger partial charge in [-0.05, 0) is 60.9 Å². The Morgan fingerprint density at radius 3 is 2.54 bits per heavy atom. The monoisotopic (exact) mass is 345 g/mol. The second kappa shape index (κ2) is 9.88. The highest BCUT2D eigenvalue weighted by Gasteiger charge is 2.14. The molecule has 0 saturated carbocycles. The van der Waals surface area contributed by atoms with Crippen molar-refractivity contribution in [3.63, 3.8) is 0 Å². The molecule has 1 aliphatic heterocycles. The second-order valence-corrected chi connectivity index (χ2v) is 5.93. The van der Waals surface area contributed by atoms with Crippen molar-refractivity contribution in [3.05, 3.63) is 54.1 Å². The molecule has 0 spiro atoms. The van der Waals surface area contributed by atoms with E-state index in [4.69, 9.17) is 9.84 Å². The molecule has 1 amide bonds. The molecular weight excluding hydrogens is 322 g/mol. The molecule has 0 atom stereocenters. The van der Waals surface area contributed by atoms with E-state index in [1.54, 1.807) is 24.3 Å². The lowest BCUT2D eigenvalue weighted by molar-refractivity contribution is -0.116. The van der Waals surface area contributed by atoms with Gasteiger partial charge >= 0.3 is 0 Å². The molecule has 3 rings (SSSR count). The lowest BCUT2D eigenvalue weighted by Gasteiger charge is -2.17. The standard InChI is InChI=1S/C13H17NO2S.C6H6O/c15-13-6-3-10-9-11(4-5-12(10)14-13)16-7-1-2-8-17;7-6-4-2-1-3-5-6/h4-5,9,17H,1-3,6-8H2,(H,14,15);1-5,7H. The van der Waals surface area contributed by atoms with Gasteiger partial charge in [-0.15, -0.1) is 0 Å². The molecule has 0 radical (unpaired) electrons. The Labute approximate surface area is 148 Å². The van der Waals surface area contributed by atoms with Crippen LogP contribution in [0.2, 0.25) is 0 Å². The predicted octanol–water partition coefficient (Wildman–Crippen LogP) is 4.05. The van der Waals surface area contributed by atoms with Crippen LogP contribution in [0.15, 0.2) is 48.5 Å². The Morgan fingerprint density at radius 1 is 1.08 bits per heavy atom. The van der Waals surface area contributed by atoms with Gasteiger partial charge in [0.25, 0.3) is 0 Å². The number of hydrogen-bond acceptors (Lipinski definition) is 4. The minimum absolute atomic E-state index is 0.0972. The zero-order valence-electron chi connectivity index (χ0n) is 13.6. The number of phenolic OH excluding ortho intramolecular Hbond substituents is 1. The summed E-state index contributed by atoms with van der Waals surface area (Å²) in [5.74, 6) is 2.21. The molecule has 0 fully saturated rings. The van der Waals surface area contributed by atoms with Crippen LogP contribution in [-0.4, -0.2) is 23.4 Å². The number of nitrogens with one attached hydrogen (secondary N) is 1. The number of para-hydroxylation sites is 1. The lowest BCUT2D eigenvalue weighted by Crippen LogP contribution is -2.18. The largest absolute Gasteiger partial charge is 0.508 e. The fraction of sp³-hybridized carbons (Fsp3) is 0.316. The number of thiol groups is 1. The van der Waals surface area contributed by atoms with Crippen LogP contribution in [0.25, 0.3) is 0 Å². The Kier molecular flexibility index (Phi) is 7.49. The average molecular weight is 345 g/mol. The number of carbonyl (C=O) groups is 1. The van der Waals surface area contributed by atoms with Gasteiger partial charge in [-0.25, -0.2) is 0 Å². The number of unbranched alkanes of at least 4 members (excludes halogenated alkanes) is 1. The van der Waals surface area contributed by atoms with E-state index >= 15 is 0 Å². The summed E-state index contributed by atoms with van der Waals surface area (Å²) in [6.07, 6.45) is 3.46. The summed E-state index contributed by atoms with van der Waals surface area (Å²) in [7, 11) is 0. The van der Waals surface area contributed by atoms with Gasteiger partial charge in [-0.2, -0.15) is 12.6 Å². The van der Waals surface area contributed by atoms with Gasteiger partial charge in [0.1, 0.15) is 11.5 Å². The Bertz CT molecular complexity index is 646. The molecule has 1 heterocycles. The number of rotatable bonds is 5. The van der Waals surface area contributed by atoms with Crippen LogP contribution in [0.3, 0.4) is 0 Å². The Morgan fingerprint density at radius 2 is 1.88 bits per heavy atom. The van der Waals surface area contributed by atoms with Crippen LogP contribution in [0.1, 0.15) is 24.8 Å². The van der Waals surface area contributed by atoms with Gasteiger partial charge < -0.3 is 15.2 Å². The molecule has 128 valence electrons. The maximum atomic E-state index is 11.2. The number of hydrogen-bond donors (Lipinski definition) is 3. The van der Waals surface area contributed by atoms with Gasteiger partial charge in [0.05, 0.1) is 6.61 Å². The van der Waals surface area contributed by atoms with Crippen molar-refractivity contribution in [3.8, 4) is 11.5 Å². The summed E-state index contributed by atoms with van der Waals surface area (Å²) in [4.78, 5) is 11.2. The van der Waals surface area contributed by atoms with Crippen LogP contribution in [0, 0.1) is 0 Å². The second-order valence-electron chi connectivity index (χ2n) is 5.48. The van der Waals surface area contributed by atoms with Gasteiger partial charge in [0.15, 0.2) is 0 Å². The highest BCUT2D eigenvalue weighted by atomic mass is 32.1. The predicted molar refractivity (Wildman–Crippen MR) is 100 cm³/mol. The van der Waals surface area contributed by atoms with E-state index in [-0.39, 0.29) is 5.91 Å². The van der Waals surface area contributed by atoms with Gasteiger partial charge in [0, 0.05) is 12.1 Å². The highest BCUT2D eigenvalue weighted by Crippen LogP contribution is 2.26. The fourth-order valence-corrected chi connectivity index (χ4v) is 2.51. The van der Waals surface area contributed by atoms with Gasteiger partial charge in [-0.1, -0.05) is 18.2 Å². The number of benzene rings is 2. The zero-order valence-corrected chi connectivity index (χ0v) is 14.5. The SMILES string of the molecule is O=C1CCc2cc(OCCCCS)ccc2N1.Oc1ccccc1. The van der Waals surface area contributed by atoms with E-state index < -0.39 is 0 Å². The highest BCUT2D eigenvalue weighted by molar-refractivity contribution is 7.80. The number of phenols is 1. The number of ether oxygens (including phenoxy) is 1. The van der Waals surface area contributed by atoms with E-state index in [2.05, 4.69) is 17.9 Å². The minimum Gasteiger partial charge on any atom is -0.508 e. The summed E-state index contributed by atoms with van der Waals surface area (Å²) in [5.41, 5.74) is 2.08. The molecule has 0 unspecified atom stereocenters. The number of carbonyl (C=O) groups excluding carboxylic acids is 1. The molecule has 5 heteroatoms. The molecular formula is C19H23NO3S. The minimum atomic E-state index is 0.0972. The third-order valence-electron chi connectivity index (χ3n) is 3.55. The smallest absolute Gasteiger partial charge is 0.224 e. The molecule has 24 heavy (non-hydrogen) atoms. The van der Waals surface area contributed by atoms with Crippen molar-refractivity contribution in [2.24, 2.45) is 0 Å². The van der Waals surface area contributed by atoms with Crippen LogP contribution in [0.5, 0.6) is 11.5 Å². The van der Waals surface area contributed by atoms with Crippen LogP contribution < -0.4 is 10.1 Å². The molecule has 0 aliphatic carbocycles. The molecule has 4 nitrogen and oxygen atoms in total. The summed E-state index contributed by atoms with van der Waals surface area (Å²) in [6.45, 7) is 0.728. The zero-order chi connectivity index (χ0) is 17.2. The summed E-state index contributed by atoms with van der Waals surface area (Å²) < 4.78 is 5.65. The number of aromatic hydroxyl groups is 1. The van der Waals surface area contributed by atoms with Crippen molar-refractivity contribution in [2.75, 3.05) is 17.7 Å². The summed E-state index contributed by atoms with van der Waals surface area (Å²) >= 11 is 4.16. The summed E-state index contributed by atoms with van der Waals surface area (Å²) in [5, 5.41) is 11.5. The van der Waals surface area contributed by atoms with Gasteiger partial charge in [0.2, 0.25) is 5.91 Å². The number of amides is 1. The first kappa shape index (κ1) is 18.2. The molecule has 2 N–H and O–H groups in total. The van der Waals surface area contributed by atoms with Crippen molar-refractivity contribution in [2.45, 2.75) is 25.7 Å². The van der Waals surface area contributed by atoms with Crippen molar-refractivity contribution in [1.82, 2.24) is 0 Å². The molecule has 0 saturated heterocycles. The topological polar surface area (TPSA) is 58.6 Å². The number of aryl methyl sites for hydroxylation is 1. The number of anilines is 1. The van der Waals surface area contributed by atoms with E-state index in [9.17, 15) is 4.79 Å². The molecule has 1 aliphatic rings. The first-order valence-corrected chi connectivity index (χ1v) is 8.73. The Hall–Kier alpha value is -2.14. The third-order valence-corrected chi connectivity index (χ3v) is 3.87. The van der Waals surface area contributed by atoms with E-state index in [0.29, 0.717) is 12.2 Å². The third kappa shape index (κ3) is 6.16. The lowest BCUT2D eigenvalue weighted by atomic mass is 10.0. The van der Waals surface area contributed by atoms with Gasteiger partial charge in [-0.3, -0.25) is 4.79 Å². The van der Waals surface area contributed by atoms with Crippen molar-refractivity contribution < 1.29 is 14.6 Å². The van der Waals surface area contributed by atoms with Crippen LogP contribution in [-0.2, 0) is 11.2 Å². The fourth-order valence-electron chi connectivity index (χ4n) is 2.28. The average Bonchev–Trinajstić information content (AvgIpc) is 2.60.